The lowest BCUT2D eigenvalue weighted by Crippen LogP contribution is -2.06. The molecule has 0 saturated carbocycles. The number of furan rings is 1. The zero-order chi connectivity index (χ0) is 13.3. The van der Waals surface area contributed by atoms with Crippen molar-refractivity contribution >= 4 is 0 Å². The van der Waals surface area contributed by atoms with E-state index in [1.165, 1.54) is 18.4 Å². The Kier molecular flexibility index (Phi) is 3.22. The molecule has 0 unspecified atom stereocenters. The minimum atomic E-state index is -2.23. The third kappa shape index (κ3) is 2.03. The molecule has 0 bridgehead atoms. The molecule has 0 aliphatic carbocycles. The number of benzene rings is 1. The molecule has 2 aromatic rings. The molecule has 18 heavy (non-hydrogen) atoms. The molecule has 0 saturated heterocycles. The molecule has 2 rings (SSSR count). The van der Waals surface area contributed by atoms with Crippen LogP contribution in [-0.2, 0) is 6.61 Å². The molecular formula is C11H5F5O2. The van der Waals surface area contributed by atoms with Crippen LogP contribution >= 0.6 is 0 Å². The average Bonchev–Trinajstić information content (AvgIpc) is 2.87. The predicted molar refractivity (Wildman–Crippen MR) is 49.3 cm³/mol. The molecule has 1 aromatic heterocycles. The third-order valence-electron chi connectivity index (χ3n) is 2.11. The van der Waals surface area contributed by atoms with Gasteiger partial charge in [0.2, 0.25) is 29.1 Å². The van der Waals surface area contributed by atoms with Crippen LogP contribution < -0.4 is 4.74 Å². The van der Waals surface area contributed by atoms with Gasteiger partial charge in [-0.1, -0.05) is 0 Å². The Bertz CT molecular complexity index is 536. The highest BCUT2D eigenvalue weighted by Crippen LogP contribution is 2.29. The summed E-state index contributed by atoms with van der Waals surface area (Å²) < 4.78 is 74.0. The summed E-state index contributed by atoms with van der Waals surface area (Å²) in [6, 6.07) is 2.91. The lowest BCUT2D eigenvalue weighted by atomic mass is 10.2. The summed E-state index contributed by atoms with van der Waals surface area (Å²) in [4.78, 5) is 0. The van der Waals surface area contributed by atoms with Crippen LogP contribution in [0.25, 0.3) is 0 Å². The Morgan fingerprint density at radius 1 is 0.889 bits per heavy atom. The zero-order valence-corrected chi connectivity index (χ0v) is 8.65. The number of rotatable bonds is 3. The van der Waals surface area contributed by atoms with Gasteiger partial charge in [-0.25, -0.2) is 13.2 Å². The number of ether oxygens (including phenoxy) is 1. The van der Waals surface area contributed by atoms with Gasteiger partial charge in [-0.3, -0.25) is 0 Å². The molecule has 0 aliphatic rings. The van der Waals surface area contributed by atoms with Gasteiger partial charge in [-0.05, 0) is 12.1 Å². The van der Waals surface area contributed by atoms with E-state index < -0.39 is 41.4 Å². The van der Waals surface area contributed by atoms with Gasteiger partial charge in [-0.15, -0.1) is 0 Å². The van der Waals surface area contributed by atoms with Crippen LogP contribution in [0.15, 0.2) is 22.8 Å². The second-order valence-electron chi connectivity index (χ2n) is 3.27. The highest BCUT2D eigenvalue weighted by Gasteiger charge is 2.27. The SMILES string of the molecule is Fc1c(F)c(F)c(OCc2ccco2)c(F)c1F. The highest BCUT2D eigenvalue weighted by molar-refractivity contribution is 5.29. The fraction of sp³-hybridized carbons (Fsp3) is 0.0909. The van der Waals surface area contributed by atoms with E-state index in [2.05, 4.69) is 4.74 Å². The molecule has 96 valence electrons. The Hall–Kier alpha value is -2.05. The van der Waals surface area contributed by atoms with E-state index in [4.69, 9.17) is 4.42 Å². The maximum Gasteiger partial charge on any atom is 0.207 e. The van der Waals surface area contributed by atoms with Crippen LogP contribution in [0.4, 0.5) is 22.0 Å². The molecule has 0 N–H and O–H groups in total. The van der Waals surface area contributed by atoms with Gasteiger partial charge in [-0.2, -0.15) is 8.78 Å². The molecule has 0 spiro atoms. The minimum Gasteiger partial charge on any atom is -0.479 e. The summed E-state index contributed by atoms with van der Waals surface area (Å²) in [7, 11) is 0. The first-order chi connectivity index (χ1) is 8.52. The lowest BCUT2D eigenvalue weighted by molar-refractivity contribution is 0.232. The minimum absolute atomic E-state index is 0.180. The van der Waals surface area contributed by atoms with Crippen LogP contribution in [0.5, 0.6) is 5.75 Å². The van der Waals surface area contributed by atoms with Gasteiger partial charge in [0, 0.05) is 0 Å². The van der Waals surface area contributed by atoms with Gasteiger partial charge >= 0.3 is 0 Å². The van der Waals surface area contributed by atoms with Gasteiger partial charge in [0.05, 0.1) is 6.26 Å². The Morgan fingerprint density at radius 2 is 1.44 bits per heavy atom. The van der Waals surface area contributed by atoms with Crippen molar-refractivity contribution in [2.45, 2.75) is 6.61 Å². The Labute approximate surface area is 97.6 Å². The van der Waals surface area contributed by atoms with E-state index >= 15 is 0 Å². The summed E-state index contributed by atoms with van der Waals surface area (Å²) in [6.45, 7) is -0.453. The van der Waals surface area contributed by atoms with Gasteiger partial charge in [0.1, 0.15) is 12.4 Å². The van der Waals surface area contributed by atoms with E-state index in [-0.39, 0.29) is 5.76 Å². The molecule has 0 aliphatic heterocycles. The van der Waals surface area contributed by atoms with Gasteiger partial charge in [0.25, 0.3) is 0 Å². The molecule has 1 heterocycles. The van der Waals surface area contributed by atoms with Crippen molar-refractivity contribution in [2.75, 3.05) is 0 Å². The van der Waals surface area contributed by atoms with Crippen molar-refractivity contribution in [2.24, 2.45) is 0 Å². The van der Waals surface area contributed by atoms with Crippen molar-refractivity contribution in [3.05, 3.63) is 53.2 Å². The van der Waals surface area contributed by atoms with Crippen molar-refractivity contribution in [1.82, 2.24) is 0 Å². The van der Waals surface area contributed by atoms with Gasteiger partial charge < -0.3 is 9.15 Å². The second kappa shape index (κ2) is 4.67. The first kappa shape index (κ1) is 12.4. The van der Waals surface area contributed by atoms with Crippen LogP contribution in [0.3, 0.4) is 0 Å². The molecule has 0 fully saturated rings. The smallest absolute Gasteiger partial charge is 0.207 e. The monoisotopic (exact) mass is 264 g/mol. The normalized spacial score (nSPS) is 10.7. The van der Waals surface area contributed by atoms with E-state index in [1.807, 2.05) is 0 Å². The predicted octanol–water partition coefficient (Wildman–Crippen LogP) is 3.55. The number of halogens is 5. The average molecular weight is 264 g/mol. The van der Waals surface area contributed by atoms with Crippen molar-refractivity contribution in [1.29, 1.82) is 0 Å². The molecular weight excluding hydrogens is 259 g/mol. The first-order valence-corrected chi connectivity index (χ1v) is 4.69. The summed E-state index contributed by atoms with van der Waals surface area (Å²) in [6.07, 6.45) is 1.28. The van der Waals surface area contributed by atoms with Crippen LogP contribution in [-0.4, -0.2) is 0 Å². The lowest BCUT2D eigenvalue weighted by Gasteiger charge is -2.08. The third-order valence-corrected chi connectivity index (χ3v) is 2.11. The molecule has 0 atom stereocenters. The van der Waals surface area contributed by atoms with Crippen molar-refractivity contribution in [3.63, 3.8) is 0 Å². The topological polar surface area (TPSA) is 22.4 Å². The molecule has 1 aromatic carbocycles. The first-order valence-electron chi connectivity index (χ1n) is 4.69. The van der Waals surface area contributed by atoms with Crippen LogP contribution in [0, 0.1) is 29.1 Å². The van der Waals surface area contributed by atoms with E-state index in [9.17, 15) is 22.0 Å². The fourth-order valence-corrected chi connectivity index (χ4v) is 1.25. The van der Waals surface area contributed by atoms with Gasteiger partial charge in [0.15, 0.2) is 5.75 Å². The second-order valence-corrected chi connectivity index (χ2v) is 3.27. The van der Waals surface area contributed by atoms with E-state index in [1.54, 1.807) is 0 Å². The molecule has 0 amide bonds. The zero-order valence-electron chi connectivity index (χ0n) is 8.65. The van der Waals surface area contributed by atoms with Crippen LogP contribution in [0.2, 0.25) is 0 Å². The number of hydrogen-bond donors (Lipinski definition) is 0. The standard InChI is InChI=1S/C11H5F5O2/c12-6-7(13)9(15)11(10(16)8(6)14)18-4-5-2-1-3-17-5/h1-3H,4H2. The maximum atomic E-state index is 13.2. The maximum absolute atomic E-state index is 13.2. The molecule has 0 radical (unpaired) electrons. The number of hydrogen-bond acceptors (Lipinski definition) is 2. The van der Waals surface area contributed by atoms with E-state index in [0.29, 0.717) is 0 Å². The molecule has 2 nitrogen and oxygen atoms in total. The Morgan fingerprint density at radius 3 is 1.94 bits per heavy atom. The van der Waals surface area contributed by atoms with Crippen molar-refractivity contribution in [3.8, 4) is 5.75 Å². The fourth-order valence-electron chi connectivity index (χ4n) is 1.25. The Balaban J connectivity index is 2.33. The highest BCUT2D eigenvalue weighted by atomic mass is 19.2. The summed E-state index contributed by atoms with van der Waals surface area (Å²) in [5.74, 6) is -11.5. The summed E-state index contributed by atoms with van der Waals surface area (Å²) >= 11 is 0. The van der Waals surface area contributed by atoms with Crippen LogP contribution in [0.1, 0.15) is 5.76 Å². The van der Waals surface area contributed by atoms with E-state index in [0.717, 1.165) is 0 Å². The van der Waals surface area contributed by atoms with Crippen molar-refractivity contribution < 1.29 is 31.1 Å². The molecule has 7 heteroatoms. The summed E-state index contributed by atoms with van der Waals surface area (Å²) in [5, 5.41) is 0. The quantitative estimate of drug-likeness (QED) is 0.480. The summed E-state index contributed by atoms with van der Waals surface area (Å²) in [5.41, 5.74) is 0. The largest absolute Gasteiger partial charge is 0.479 e.